The van der Waals surface area contributed by atoms with E-state index >= 15 is 0 Å². The average Bonchev–Trinajstić information content (AvgIpc) is 3.47. The lowest BCUT2D eigenvalue weighted by Gasteiger charge is -2.63. The van der Waals surface area contributed by atoms with Crippen LogP contribution < -0.4 is 25.2 Å². The van der Waals surface area contributed by atoms with Crippen LogP contribution in [0.4, 0.5) is 11.4 Å². The molecule has 0 bridgehead atoms. The molecular formula is C46H54ClN7O5. The van der Waals surface area contributed by atoms with E-state index in [1.165, 1.54) is 0 Å². The lowest BCUT2D eigenvalue weighted by Crippen LogP contribution is -2.74. The molecule has 8 rings (SSSR count). The van der Waals surface area contributed by atoms with Crippen LogP contribution in [-0.2, 0) is 9.59 Å². The predicted octanol–water partition coefficient (Wildman–Crippen LogP) is 6.18. The summed E-state index contributed by atoms with van der Waals surface area (Å²) in [4.78, 5) is 60.2. The molecule has 0 spiro atoms. The van der Waals surface area contributed by atoms with E-state index in [0.717, 1.165) is 75.6 Å². The topological polar surface area (TPSA) is 138 Å². The first-order chi connectivity index (χ1) is 28.1. The van der Waals surface area contributed by atoms with Crippen molar-refractivity contribution in [1.82, 2.24) is 20.4 Å². The second-order valence-corrected chi connectivity index (χ2v) is 18.6. The van der Waals surface area contributed by atoms with E-state index in [0.29, 0.717) is 39.8 Å². The van der Waals surface area contributed by atoms with Crippen LogP contribution in [0.3, 0.4) is 0 Å². The number of anilines is 2. The van der Waals surface area contributed by atoms with Crippen molar-refractivity contribution in [2.75, 3.05) is 55.6 Å². The molecule has 4 amide bonds. The number of rotatable bonds is 9. The molecule has 2 unspecified atom stereocenters. The van der Waals surface area contributed by atoms with Crippen LogP contribution >= 0.6 is 11.6 Å². The van der Waals surface area contributed by atoms with Crippen LogP contribution in [0.5, 0.6) is 5.75 Å². The molecular weight excluding hydrogens is 766 g/mol. The molecule has 2 N–H and O–H groups in total. The van der Waals surface area contributed by atoms with Gasteiger partial charge in [-0.2, -0.15) is 5.26 Å². The molecule has 3 aromatic rings. The molecule has 4 aliphatic heterocycles. The maximum absolute atomic E-state index is 13.5. The third-order valence-corrected chi connectivity index (χ3v) is 14.0. The van der Waals surface area contributed by atoms with Crippen molar-refractivity contribution in [3.05, 3.63) is 87.9 Å². The van der Waals surface area contributed by atoms with Crippen molar-refractivity contribution >= 4 is 46.6 Å². The molecule has 2 atom stereocenters. The van der Waals surface area contributed by atoms with Crippen LogP contribution in [0.1, 0.15) is 98.2 Å². The molecule has 3 aromatic carbocycles. The largest absolute Gasteiger partial charge is 0.489 e. The summed E-state index contributed by atoms with van der Waals surface area (Å²) in [5.74, 6) is 0.325. The molecule has 1 aliphatic carbocycles. The van der Waals surface area contributed by atoms with Crippen molar-refractivity contribution in [2.24, 2.45) is 16.7 Å². The number of piperazine rings is 1. The Morgan fingerprint density at radius 1 is 0.881 bits per heavy atom. The first-order valence-electron chi connectivity index (χ1n) is 21.0. The standard InChI is InChI=1S/C46H54ClN7O5/c1-28-36-24-33(11-13-35(36)42(58)54(28)38-14-15-39(55)49-41(38)57)53-22-20-51(21-23-53)27-29-16-18-52(19-17-29)32-9-6-30(7-10-32)40(56)50-43-45(2,3)44(46(43,4)5)59-34-12-8-31(26-48)37(47)25-34/h6-13,24-25,28-29,38,43-44H,14-23,27H2,1-5H3,(H,50,56)(H,49,55,57)/t28?,38?,43-,44-. The minimum Gasteiger partial charge on any atom is -0.489 e. The zero-order valence-electron chi connectivity index (χ0n) is 34.6. The second kappa shape index (κ2) is 15.8. The Labute approximate surface area is 351 Å². The molecule has 13 heteroatoms. The number of piperidine rings is 2. The molecule has 1 saturated carbocycles. The van der Waals surface area contributed by atoms with Crippen molar-refractivity contribution in [1.29, 1.82) is 5.26 Å². The van der Waals surface area contributed by atoms with Crippen LogP contribution in [0.15, 0.2) is 60.7 Å². The number of carbonyl (C=O) groups is 4. The summed E-state index contributed by atoms with van der Waals surface area (Å²) in [6.07, 6.45) is 2.66. The van der Waals surface area contributed by atoms with E-state index in [2.05, 4.69) is 77.3 Å². The number of hydrogen-bond acceptors (Lipinski definition) is 9. The zero-order chi connectivity index (χ0) is 41.8. The minimum atomic E-state index is -0.625. The van der Waals surface area contributed by atoms with Crippen LogP contribution in [-0.4, -0.2) is 97.4 Å². The highest BCUT2D eigenvalue weighted by molar-refractivity contribution is 6.31. The summed E-state index contributed by atoms with van der Waals surface area (Å²) in [7, 11) is 0. The van der Waals surface area contributed by atoms with E-state index in [1.807, 2.05) is 31.2 Å². The van der Waals surface area contributed by atoms with Gasteiger partial charge in [-0.15, -0.1) is 0 Å². The fourth-order valence-electron chi connectivity index (χ4n) is 10.7. The number of hydrogen-bond donors (Lipinski definition) is 2. The average molecular weight is 820 g/mol. The zero-order valence-corrected chi connectivity index (χ0v) is 35.3. The lowest BCUT2D eigenvalue weighted by atomic mass is 9.49. The molecule has 310 valence electrons. The van der Waals surface area contributed by atoms with E-state index in [4.69, 9.17) is 16.3 Å². The van der Waals surface area contributed by atoms with E-state index in [9.17, 15) is 24.4 Å². The van der Waals surface area contributed by atoms with Gasteiger partial charge in [0, 0.05) is 97.7 Å². The van der Waals surface area contributed by atoms with Gasteiger partial charge in [0.25, 0.3) is 11.8 Å². The van der Waals surface area contributed by atoms with Crippen molar-refractivity contribution in [3.63, 3.8) is 0 Å². The van der Waals surface area contributed by atoms with E-state index in [-0.39, 0.29) is 59.1 Å². The quantitative estimate of drug-likeness (QED) is 0.243. The number of benzene rings is 3. The summed E-state index contributed by atoms with van der Waals surface area (Å²) in [6, 6.07) is 20.2. The van der Waals surface area contributed by atoms with Gasteiger partial charge < -0.3 is 24.8 Å². The SMILES string of the molecule is CC1c2cc(N3CCN(CC4CCN(c5ccc(C(=O)N[C@H]6C(C)(C)[C@H](Oc7ccc(C#N)c(Cl)c7)C6(C)C)cc5)CC4)CC3)ccc2C(=O)N1C1CCC(=O)NC1=O. The fraction of sp³-hybridized carbons (Fsp3) is 0.500. The first kappa shape index (κ1) is 40.7. The number of ether oxygens (including phenoxy) is 1. The highest BCUT2D eigenvalue weighted by Gasteiger charge is 2.64. The van der Waals surface area contributed by atoms with Gasteiger partial charge in [-0.25, -0.2) is 0 Å². The van der Waals surface area contributed by atoms with Crippen LogP contribution in [0.2, 0.25) is 5.02 Å². The third kappa shape index (κ3) is 7.64. The number of imide groups is 1. The molecule has 4 heterocycles. The molecule has 12 nitrogen and oxygen atoms in total. The van der Waals surface area contributed by atoms with Crippen molar-refractivity contribution < 1.29 is 23.9 Å². The van der Waals surface area contributed by atoms with Crippen molar-refractivity contribution in [3.8, 4) is 11.8 Å². The summed E-state index contributed by atoms with van der Waals surface area (Å²) >= 11 is 6.26. The van der Waals surface area contributed by atoms with Crippen molar-refractivity contribution in [2.45, 2.75) is 84.5 Å². The van der Waals surface area contributed by atoms with E-state index < -0.39 is 6.04 Å². The Kier molecular flexibility index (Phi) is 10.9. The van der Waals surface area contributed by atoms with Crippen LogP contribution in [0, 0.1) is 28.1 Å². The molecule has 4 fully saturated rings. The highest BCUT2D eigenvalue weighted by atomic mass is 35.5. The fourth-order valence-corrected chi connectivity index (χ4v) is 10.9. The van der Waals surface area contributed by atoms with Gasteiger partial charge in [0.1, 0.15) is 24.0 Å². The second-order valence-electron chi connectivity index (χ2n) is 18.2. The number of nitrogens with zero attached hydrogens (tertiary/aromatic N) is 5. The number of nitriles is 1. The number of nitrogens with one attached hydrogen (secondary N) is 2. The Morgan fingerprint density at radius 3 is 2.19 bits per heavy atom. The monoisotopic (exact) mass is 819 g/mol. The highest BCUT2D eigenvalue weighted by Crippen LogP contribution is 2.55. The summed E-state index contributed by atoms with van der Waals surface area (Å²) in [5.41, 5.74) is 4.18. The van der Waals surface area contributed by atoms with Gasteiger partial charge in [-0.05, 0) is 92.3 Å². The first-order valence-corrected chi connectivity index (χ1v) is 21.3. The Hall–Kier alpha value is -5.12. The number of fused-ring (bicyclic) bond motifs is 1. The number of halogens is 1. The van der Waals surface area contributed by atoms with Gasteiger partial charge in [0.05, 0.1) is 16.6 Å². The van der Waals surface area contributed by atoms with E-state index in [1.54, 1.807) is 23.1 Å². The van der Waals surface area contributed by atoms with Gasteiger partial charge in [0.15, 0.2) is 0 Å². The molecule has 3 saturated heterocycles. The number of amides is 4. The minimum absolute atomic E-state index is 0.0985. The molecule has 0 aromatic heterocycles. The molecule has 5 aliphatic rings. The summed E-state index contributed by atoms with van der Waals surface area (Å²) in [6.45, 7) is 17.2. The maximum atomic E-state index is 13.5. The maximum Gasteiger partial charge on any atom is 0.255 e. The smallest absolute Gasteiger partial charge is 0.255 e. The van der Waals surface area contributed by atoms with Gasteiger partial charge in [0.2, 0.25) is 11.8 Å². The predicted molar refractivity (Wildman–Crippen MR) is 227 cm³/mol. The van der Waals surface area contributed by atoms with Crippen LogP contribution in [0.25, 0.3) is 0 Å². The summed E-state index contributed by atoms with van der Waals surface area (Å²) < 4.78 is 6.39. The Morgan fingerprint density at radius 2 is 1.54 bits per heavy atom. The van der Waals surface area contributed by atoms with Gasteiger partial charge in [-0.3, -0.25) is 29.4 Å². The lowest BCUT2D eigenvalue weighted by molar-refractivity contribution is -0.164. The third-order valence-electron chi connectivity index (χ3n) is 13.7. The normalized spacial score (nSPS) is 25.5. The Bertz CT molecular complexity index is 2170. The molecule has 59 heavy (non-hydrogen) atoms. The van der Waals surface area contributed by atoms with Gasteiger partial charge >= 0.3 is 0 Å². The number of carbonyl (C=O) groups excluding carboxylic acids is 4. The van der Waals surface area contributed by atoms with Gasteiger partial charge in [-0.1, -0.05) is 39.3 Å². The Balaban J connectivity index is 0.789. The summed E-state index contributed by atoms with van der Waals surface area (Å²) in [5, 5.41) is 15.3. The molecule has 0 radical (unpaired) electrons.